The van der Waals surface area contributed by atoms with Crippen molar-refractivity contribution in [1.29, 1.82) is 0 Å². The Hall–Kier alpha value is -1.89. The van der Waals surface area contributed by atoms with Gasteiger partial charge < -0.3 is 10.2 Å². The number of amides is 1. The van der Waals surface area contributed by atoms with Crippen molar-refractivity contribution in [2.24, 2.45) is 0 Å². The number of rotatable bonds is 3. The largest absolute Gasteiger partial charge is 0.363 e. The van der Waals surface area contributed by atoms with Crippen molar-refractivity contribution in [2.45, 2.75) is 6.04 Å². The van der Waals surface area contributed by atoms with Crippen molar-refractivity contribution < 1.29 is 13.2 Å². The maximum absolute atomic E-state index is 11.9. The predicted octanol–water partition coefficient (Wildman–Crippen LogP) is 0.188. The van der Waals surface area contributed by atoms with Gasteiger partial charge >= 0.3 is 0 Å². The zero-order chi connectivity index (χ0) is 14.0. The Balaban J connectivity index is 2.03. The molecule has 0 unspecified atom stereocenters. The SMILES string of the molecule is CN(C)c1ccc(C(=O)N[C@@H]2C=CS(=O)(=O)C2)cn1. The van der Waals surface area contributed by atoms with E-state index in [2.05, 4.69) is 10.3 Å². The van der Waals surface area contributed by atoms with E-state index in [0.717, 1.165) is 11.2 Å². The molecule has 0 aliphatic carbocycles. The molecule has 19 heavy (non-hydrogen) atoms. The summed E-state index contributed by atoms with van der Waals surface area (Å²) < 4.78 is 22.4. The van der Waals surface area contributed by atoms with E-state index < -0.39 is 15.9 Å². The lowest BCUT2D eigenvalue weighted by molar-refractivity contribution is 0.0947. The van der Waals surface area contributed by atoms with Crippen LogP contribution in [0.4, 0.5) is 5.82 Å². The average molecular weight is 281 g/mol. The third-order valence-corrected chi connectivity index (χ3v) is 4.11. The van der Waals surface area contributed by atoms with Crippen LogP contribution in [0.15, 0.2) is 29.8 Å². The third kappa shape index (κ3) is 3.31. The topological polar surface area (TPSA) is 79.4 Å². The fourth-order valence-corrected chi connectivity index (χ4v) is 2.94. The Morgan fingerprint density at radius 3 is 2.63 bits per heavy atom. The first kappa shape index (κ1) is 13.5. The minimum Gasteiger partial charge on any atom is -0.363 e. The molecule has 6 nitrogen and oxygen atoms in total. The highest BCUT2D eigenvalue weighted by molar-refractivity contribution is 7.94. The highest BCUT2D eigenvalue weighted by Gasteiger charge is 2.23. The lowest BCUT2D eigenvalue weighted by atomic mass is 10.2. The van der Waals surface area contributed by atoms with Crippen LogP contribution in [-0.4, -0.2) is 45.2 Å². The van der Waals surface area contributed by atoms with E-state index in [-0.39, 0.29) is 11.7 Å². The lowest BCUT2D eigenvalue weighted by Gasteiger charge is -2.12. The summed E-state index contributed by atoms with van der Waals surface area (Å²) >= 11 is 0. The number of carbonyl (C=O) groups excluding carboxylic acids is 1. The van der Waals surface area contributed by atoms with Crippen LogP contribution in [0.5, 0.6) is 0 Å². The Kier molecular flexibility index (Phi) is 3.57. The molecule has 0 radical (unpaired) electrons. The first-order valence-electron chi connectivity index (χ1n) is 5.72. The molecule has 1 amide bonds. The molecule has 1 aromatic rings. The van der Waals surface area contributed by atoms with Gasteiger partial charge in [-0.15, -0.1) is 0 Å². The highest BCUT2D eigenvalue weighted by atomic mass is 32.2. The Bertz CT molecular complexity index is 606. The molecule has 0 aromatic carbocycles. The standard InChI is InChI=1S/C12H15N3O3S/c1-15(2)11-4-3-9(7-13-11)12(16)14-10-5-6-19(17,18)8-10/h3-7,10H,8H2,1-2H3,(H,14,16)/t10-/m1/s1. The Morgan fingerprint density at radius 2 is 2.16 bits per heavy atom. The van der Waals surface area contributed by atoms with Gasteiger partial charge in [0, 0.05) is 25.7 Å². The summed E-state index contributed by atoms with van der Waals surface area (Å²) in [6, 6.07) is 2.92. The first-order chi connectivity index (χ1) is 8.87. The number of carbonyl (C=O) groups is 1. The molecular weight excluding hydrogens is 266 g/mol. The smallest absolute Gasteiger partial charge is 0.253 e. The van der Waals surface area contributed by atoms with E-state index in [1.165, 1.54) is 12.3 Å². The van der Waals surface area contributed by atoms with Gasteiger partial charge in [0.1, 0.15) is 5.82 Å². The van der Waals surface area contributed by atoms with Gasteiger partial charge in [-0.2, -0.15) is 0 Å². The predicted molar refractivity (Wildman–Crippen MR) is 72.7 cm³/mol. The fraction of sp³-hybridized carbons (Fsp3) is 0.333. The van der Waals surface area contributed by atoms with Crippen molar-refractivity contribution in [3.05, 3.63) is 35.4 Å². The molecule has 2 rings (SSSR count). The van der Waals surface area contributed by atoms with Crippen molar-refractivity contribution in [3.63, 3.8) is 0 Å². The number of hydrogen-bond acceptors (Lipinski definition) is 5. The number of hydrogen-bond donors (Lipinski definition) is 1. The monoisotopic (exact) mass is 281 g/mol. The van der Waals surface area contributed by atoms with Crippen LogP contribution in [-0.2, 0) is 9.84 Å². The van der Waals surface area contributed by atoms with Crippen LogP contribution >= 0.6 is 0 Å². The van der Waals surface area contributed by atoms with Gasteiger partial charge in [-0.3, -0.25) is 4.79 Å². The number of aromatic nitrogens is 1. The van der Waals surface area contributed by atoms with Crippen LogP contribution in [0.3, 0.4) is 0 Å². The van der Waals surface area contributed by atoms with Gasteiger partial charge in [-0.1, -0.05) is 0 Å². The van der Waals surface area contributed by atoms with Crippen LogP contribution in [0, 0.1) is 0 Å². The molecule has 1 aromatic heterocycles. The van der Waals surface area contributed by atoms with Crippen LogP contribution in [0.1, 0.15) is 10.4 Å². The van der Waals surface area contributed by atoms with Crippen molar-refractivity contribution in [2.75, 3.05) is 24.7 Å². The molecular formula is C12H15N3O3S. The number of sulfone groups is 1. The van der Waals surface area contributed by atoms with E-state index in [1.54, 1.807) is 12.1 Å². The highest BCUT2D eigenvalue weighted by Crippen LogP contribution is 2.11. The van der Waals surface area contributed by atoms with Crippen LogP contribution in [0.2, 0.25) is 0 Å². The normalized spacial score (nSPS) is 20.2. The summed E-state index contributed by atoms with van der Waals surface area (Å²) in [4.78, 5) is 17.9. The first-order valence-corrected chi connectivity index (χ1v) is 7.44. The minimum absolute atomic E-state index is 0.0814. The van der Waals surface area contributed by atoms with E-state index in [1.807, 2.05) is 19.0 Å². The average Bonchev–Trinajstić information content (AvgIpc) is 2.68. The second kappa shape index (κ2) is 5.00. The van der Waals surface area contributed by atoms with Crippen molar-refractivity contribution in [3.8, 4) is 0 Å². The Morgan fingerprint density at radius 1 is 1.42 bits per heavy atom. The summed E-state index contributed by atoms with van der Waals surface area (Å²) in [5.74, 6) is 0.339. The van der Waals surface area contributed by atoms with Crippen molar-refractivity contribution in [1.82, 2.24) is 10.3 Å². The van der Waals surface area contributed by atoms with Crippen molar-refractivity contribution >= 4 is 21.6 Å². The molecule has 0 saturated heterocycles. The third-order valence-electron chi connectivity index (χ3n) is 2.71. The molecule has 1 atom stereocenters. The van der Waals surface area contributed by atoms with E-state index in [9.17, 15) is 13.2 Å². The summed E-state index contributed by atoms with van der Waals surface area (Å²) in [6.45, 7) is 0. The van der Waals surface area contributed by atoms with E-state index in [0.29, 0.717) is 5.56 Å². The molecule has 0 spiro atoms. The van der Waals surface area contributed by atoms with Crippen LogP contribution < -0.4 is 10.2 Å². The number of pyridine rings is 1. The second-order valence-corrected chi connectivity index (χ2v) is 6.47. The molecule has 0 fully saturated rings. The molecule has 0 bridgehead atoms. The van der Waals surface area contributed by atoms with Gasteiger partial charge in [0.25, 0.3) is 5.91 Å². The maximum Gasteiger partial charge on any atom is 0.253 e. The molecule has 2 heterocycles. The summed E-state index contributed by atoms with van der Waals surface area (Å²) in [6.07, 6.45) is 2.95. The fourth-order valence-electron chi connectivity index (χ4n) is 1.70. The molecule has 102 valence electrons. The lowest BCUT2D eigenvalue weighted by Crippen LogP contribution is -2.35. The van der Waals surface area contributed by atoms with E-state index >= 15 is 0 Å². The van der Waals surface area contributed by atoms with Gasteiger partial charge in [-0.25, -0.2) is 13.4 Å². The van der Waals surface area contributed by atoms with Gasteiger partial charge in [-0.05, 0) is 18.2 Å². The zero-order valence-corrected chi connectivity index (χ0v) is 11.5. The molecule has 0 saturated carbocycles. The number of anilines is 1. The minimum atomic E-state index is -3.16. The zero-order valence-electron chi connectivity index (χ0n) is 10.7. The molecule has 1 N–H and O–H groups in total. The van der Waals surface area contributed by atoms with Gasteiger partial charge in [0.2, 0.25) is 0 Å². The van der Waals surface area contributed by atoms with Gasteiger partial charge in [0.05, 0.1) is 17.4 Å². The Labute approximate surface area is 112 Å². The summed E-state index contributed by atoms with van der Waals surface area (Å²) in [5, 5.41) is 3.77. The maximum atomic E-state index is 11.9. The molecule has 1 aliphatic rings. The quantitative estimate of drug-likeness (QED) is 0.855. The molecule has 7 heteroatoms. The molecule has 1 aliphatic heterocycles. The van der Waals surface area contributed by atoms with E-state index in [4.69, 9.17) is 0 Å². The second-order valence-electron chi connectivity index (χ2n) is 4.54. The van der Waals surface area contributed by atoms with Crippen LogP contribution in [0.25, 0.3) is 0 Å². The number of nitrogens with one attached hydrogen (secondary N) is 1. The summed E-state index contributed by atoms with van der Waals surface area (Å²) in [5.41, 5.74) is 0.406. The summed E-state index contributed by atoms with van der Waals surface area (Å²) in [7, 11) is 0.556. The van der Waals surface area contributed by atoms with Gasteiger partial charge in [0.15, 0.2) is 9.84 Å². The number of nitrogens with zero attached hydrogens (tertiary/aromatic N) is 2.